The first-order valence-electron chi connectivity index (χ1n) is 6.17. The molecule has 0 atom stereocenters. The third-order valence-corrected chi connectivity index (χ3v) is 2.40. The smallest absolute Gasteiger partial charge is 0.305 e. The first-order valence-corrected chi connectivity index (χ1v) is 6.17. The molecule has 0 amide bonds. The number of aliphatic carboxylic acids is 1. The fourth-order valence-electron chi connectivity index (χ4n) is 1.41. The number of carbonyl (C=O) groups excluding carboxylic acids is 2. The first-order chi connectivity index (χ1) is 9.61. The average Bonchev–Trinajstić information content (AvgIpc) is 2.44. The lowest BCUT2D eigenvalue weighted by Gasteiger charge is -2.07. The van der Waals surface area contributed by atoms with Crippen LogP contribution in [0.15, 0.2) is 24.3 Å². The van der Waals surface area contributed by atoms with Gasteiger partial charge < -0.3 is 14.6 Å². The topological polar surface area (TPSA) is 89.9 Å². The second kappa shape index (κ2) is 8.68. The molecule has 1 aromatic carbocycles. The molecule has 0 aliphatic rings. The van der Waals surface area contributed by atoms with Gasteiger partial charge in [0.15, 0.2) is 0 Å². The van der Waals surface area contributed by atoms with E-state index in [1.165, 1.54) is 0 Å². The van der Waals surface area contributed by atoms with Gasteiger partial charge in [-0.1, -0.05) is 0 Å². The highest BCUT2D eigenvalue weighted by atomic mass is 16.6. The minimum Gasteiger partial charge on any atom is -0.490 e. The van der Waals surface area contributed by atoms with Gasteiger partial charge in [-0.05, 0) is 30.7 Å². The normalized spacial score (nSPS) is 9.80. The predicted molar refractivity (Wildman–Crippen MR) is 69.8 cm³/mol. The van der Waals surface area contributed by atoms with Crippen molar-refractivity contribution < 1.29 is 29.0 Å². The average molecular weight is 280 g/mol. The number of esters is 1. The van der Waals surface area contributed by atoms with E-state index >= 15 is 0 Å². The summed E-state index contributed by atoms with van der Waals surface area (Å²) in [6, 6.07) is 6.55. The van der Waals surface area contributed by atoms with E-state index in [2.05, 4.69) is 0 Å². The van der Waals surface area contributed by atoms with Crippen LogP contribution in [0.5, 0.6) is 5.75 Å². The second-order valence-electron chi connectivity index (χ2n) is 4.00. The molecule has 0 bridgehead atoms. The Bertz CT molecular complexity index is 451. The van der Waals surface area contributed by atoms with E-state index in [0.29, 0.717) is 11.3 Å². The molecule has 6 nitrogen and oxygen atoms in total. The Hall–Kier alpha value is -2.37. The number of carboxylic acids is 1. The van der Waals surface area contributed by atoms with Crippen LogP contribution in [0.25, 0.3) is 0 Å². The molecule has 0 heterocycles. The molecule has 0 aliphatic heterocycles. The number of benzene rings is 1. The Labute approximate surface area is 116 Å². The zero-order chi connectivity index (χ0) is 14.8. The van der Waals surface area contributed by atoms with Gasteiger partial charge in [-0.15, -0.1) is 0 Å². The largest absolute Gasteiger partial charge is 0.490 e. The van der Waals surface area contributed by atoms with E-state index in [1.807, 2.05) is 0 Å². The van der Waals surface area contributed by atoms with Gasteiger partial charge in [-0.25, -0.2) is 0 Å². The van der Waals surface area contributed by atoms with Crippen molar-refractivity contribution >= 4 is 18.2 Å². The van der Waals surface area contributed by atoms with E-state index < -0.39 is 11.9 Å². The van der Waals surface area contributed by atoms with Crippen molar-refractivity contribution in [1.82, 2.24) is 0 Å². The minimum atomic E-state index is -0.931. The molecule has 0 aromatic heterocycles. The van der Waals surface area contributed by atoms with Gasteiger partial charge in [-0.3, -0.25) is 14.4 Å². The van der Waals surface area contributed by atoms with Crippen molar-refractivity contribution in [3.63, 3.8) is 0 Å². The summed E-state index contributed by atoms with van der Waals surface area (Å²) < 4.78 is 10.2. The number of aldehydes is 1. The third kappa shape index (κ3) is 6.53. The summed E-state index contributed by atoms with van der Waals surface area (Å²) in [5.74, 6) is -0.788. The molecule has 0 fully saturated rings. The number of carboxylic acid groups (broad SMARTS) is 1. The highest BCUT2D eigenvalue weighted by Crippen LogP contribution is 2.10. The lowest BCUT2D eigenvalue weighted by Crippen LogP contribution is -2.12. The molecule has 0 radical (unpaired) electrons. The van der Waals surface area contributed by atoms with E-state index in [1.54, 1.807) is 24.3 Å². The SMILES string of the molecule is O=Cc1ccc(OCCOC(=O)CCCC(=O)O)cc1. The lowest BCUT2D eigenvalue weighted by molar-refractivity contribution is -0.144. The fraction of sp³-hybridized carbons (Fsp3) is 0.357. The van der Waals surface area contributed by atoms with Crippen LogP contribution in [0.4, 0.5) is 0 Å². The number of hydrogen-bond donors (Lipinski definition) is 1. The Morgan fingerprint density at radius 2 is 1.80 bits per heavy atom. The van der Waals surface area contributed by atoms with Crippen molar-refractivity contribution in [3.8, 4) is 5.75 Å². The maximum Gasteiger partial charge on any atom is 0.305 e. The number of hydrogen-bond acceptors (Lipinski definition) is 5. The highest BCUT2D eigenvalue weighted by molar-refractivity contribution is 5.74. The zero-order valence-electron chi connectivity index (χ0n) is 10.9. The van der Waals surface area contributed by atoms with Crippen molar-refractivity contribution in [1.29, 1.82) is 0 Å². The lowest BCUT2D eigenvalue weighted by atomic mass is 10.2. The summed E-state index contributed by atoms with van der Waals surface area (Å²) in [5, 5.41) is 8.41. The molecule has 0 spiro atoms. The zero-order valence-corrected chi connectivity index (χ0v) is 10.9. The van der Waals surface area contributed by atoms with E-state index in [-0.39, 0.29) is 32.5 Å². The van der Waals surface area contributed by atoms with Crippen molar-refractivity contribution in [3.05, 3.63) is 29.8 Å². The van der Waals surface area contributed by atoms with Gasteiger partial charge in [0, 0.05) is 18.4 Å². The molecule has 0 unspecified atom stereocenters. The first kappa shape index (κ1) is 15.7. The van der Waals surface area contributed by atoms with Crippen LogP contribution >= 0.6 is 0 Å². The fourth-order valence-corrected chi connectivity index (χ4v) is 1.41. The number of rotatable bonds is 9. The Balaban J connectivity index is 2.12. The van der Waals surface area contributed by atoms with E-state index in [9.17, 15) is 14.4 Å². The standard InChI is InChI=1S/C14H16O6/c15-10-11-4-6-12(7-5-11)19-8-9-20-14(18)3-1-2-13(16)17/h4-7,10H,1-3,8-9H2,(H,16,17). The van der Waals surface area contributed by atoms with Crippen LogP contribution in [0.3, 0.4) is 0 Å². The van der Waals surface area contributed by atoms with Crippen LogP contribution in [-0.2, 0) is 14.3 Å². The van der Waals surface area contributed by atoms with Crippen molar-refractivity contribution in [2.45, 2.75) is 19.3 Å². The molecule has 0 saturated carbocycles. The summed E-state index contributed by atoms with van der Waals surface area (Å²) >= 11 is 0. The quantitative estimate of drug-likeness (QED) is 0.420. The van der Waals surface area contributed by atoms with Crippen LogP contribution < -0.4 is 4.74 Å². The van der Waals surface area contributed by atoms with Gasteiger partial charge in [0.2, 0.25) is 0 Å². The summed E-state index contributed by atoms with van der Waals surface area (Å²) in [7, 11) is 0. The molecule has 108 valence electrons. The van der Waals surface area contributed by atoms with Crippen LogP contribution in [0.2, 0.25) is 0 Å². The summed E-state index contributed by atoms with van der Waals surface area (Å²) in [6.07, 6.45) is 1.04. The molecule has 1 N–H and O–H groups in total. The van der Waals surface area contributed by atoms with E-state index in [0.717, 1.165) is 6.29 Å². The molecule has 20 heavy (non-hydrogen) atoms. The van der Waals surface area contributed by atoms with Gasteiger partial charge in [-0.2, -0.15) is 0 Å². The summed E-state index contributed by atoms with van der Waals surface area (Å²) in [6.45, 7) is 0.298. The third-order valence-electron chi connectivity index (χ3n) is 2.40. The van der Waals surface area contributed by atoms with Crippen LogP contribution in [0.1, 0.15) is 29.6 Å². The van der Waals surface area contributed by atoms with Crippen LogP contribution in [-0.4, -0.2) is 36.5 Å². The molecule has 6 heteroatoms. The Morgan fingerprint density at radius 3 is 2.40 bits per heavy atom. The maximum atomic E-state index is 11.2. The minimum absolute atomic E-state index is 0.0469. The Kier molecular flexibility index (Phi) is 6.81. The summed E-state index contributed by atoms with van der Waals surface area (Å²) in [4.78, 5) is 31.9. The molecular formula is C14H16O6. The molecule has 1 aromatic rings. The molecule has 0 aliphatic carbocycles. The van der Waals surface area contributed by atoms with Gasteiger partial charge >= 0.3 is 11.9 Å². The Morgan fingerprint density at radius 1 is 1.10 bits per heavy atom. The van der Waals surface area contributed by atoms with Gasteiger partial charge in [0.25, 0.3) is 0 Å². The molecule has 1 rings (SSSR count). The van der Waals surface area contributed by atoms with E-state index in [4.69, 9.17) is 14.6 Å². The van der Waals surface area contributed by atoms with Crippen LogP contribution in [0, 0.1) is 0 Å². The summed E-state index contributed by atoms with van der Waals surface area (Å²) in [5.41, 5.74) is 0.558. The molecular weight excluding hydrogens is 264 g/mol. The second-order valence-corrected chi connectivity index (χ2v) is 4.00. The molecule has 0 saturated heterocycles. The van der Waals surface area contributed by atoms with Crippen molar-refractivity contribution in [2.24, 2.45) is 0 Å². The number of carbonyl (C=O) groups is 3. The number of ether oxygens (including phenoxy) is 2. The van der Waals surface area contributed by atoms with Gasteiger partial charge in [0.05, 0.1) is 0 Å². The predicted octanol–water partition coefficient (Wildman–Crippen LogP) is 1.68. The highest BCUT2D eigenvalue weighted by Gasteiger charge is 2.05. The maximum absolute atomic E-state index is 11.2. The monoisotopic (exact) mass is 280 g/mol. The van der Waals surface area contributed by atoms with Gasteiger partial charge in [0.1, 0.15) is 25.2 Å². The van der Waals surface area contributed by atoms with Crippen molar-refractivity contribution in [2.75, 3.05) is 13.2 Å².